The van der Waals surface area contributed by atoms with Crippen molar-refractivity contribution in [2.24, 2.45) is 0 Å². The molecule has 1 N–H and O–H groups in total. The highest BCUT2D eigenvalue weighted by molar-refractivity contribution is 7.99. The Labute approximate surface area is 143 Å². The fourth-order valence-corrected chi connectivity index (χ4v) is 3.30. The highest BCUT2D eigenvalue weighted by atomic mass is 32.2. The zero-order valence-corrected chi connectivity index (χ0v) is 13.8. The van der Waals surface area contributed by atoms with Crippen LogP contribution in [0.1, 0.15) is 0 Å². The maximum absolute atomic E-state index is 12.0. The minimum Gasteiger partial charge on any atom is -0.396 e. The Morgan fingerprint density at radius 3 is 3.04 bits per heavy atom. The van der Waals surface area contributed by atoms with Crippen molar-refractivity contribution >= 4 is 40.0 Å². The van der Waals surface area contributed by atoms with Crippen LogP contribution in [-0.4, -0.2) is 36.5 Å². The second-order valence-corrected chi connectivity index (χ2v) is 6.45. The summed E-state index contributed by atoms with van der Waals surface area (Å²) in [4.78, 5) is 16.4. The zero-order chi connectivity index (χ0) is 16.4. The van der Waals surface area contributed by atoms with Gasteiger partial charge in [0.15, 0.2) is 5.13 Å². The van der Waals surface area contributed by atoms with Crippen LogP contribution in [0.15, 0.2) is 51.7 Å². The van der Waals surface area contributed by atoms with Crippen molar-refractivity contribution in [2.75, 3.05) is 11.1 Å². The molecule has 4 rings (SSSR count). The average molecular weight is 358 g/mol. The summed E-state index contributed by atoms with van der Waals surface area (Å²) in [5.41, 5.74) is 1.85. The molecule has 0 bridgehead atoms. The van der Waals surface area contributed by atoms with Crippen LogP contribution in [0, 0.1) is 0 Å². The summed E-state index contributed by atoms with van der Waals surface area (Å²) in [5.74, 6) is 0.283. The van der Waals surface area contributed by atoms with Gasteiger partial charge >= 0.3 is 5.84 Å². The van der Waals surface area contributed by atoms with E-state index < -0.39 is 0 Å². The van der Waals surface area contributed by atoms with E-state index in [4.69, 9.17) is 4.42 Å². The molecule has 1 aromatic carbocycles. The summed E-state index contributed by atoms with van der Waals surface area (Å²) in [6, 6.07) is 9.80. The van der Waals surface area contributed by atoms with Crippen molar-refractivity contribution in [3.05, 3.63) is 42.0 Å². The van der Waals surface area contributed by atoms with Gasteiger partial charge in [0.2, 0.25) is 5.91 Å². The summed E-state index contributed by atoms with van der Waals surface area (Å²) >= 11 is 2.57. The van der Waals surface area contributed by atoms with Crippen LogP contribution >= 0.6 is 23.1 Å². The molecule has 10 heteroatoms. The number of aromatic nitrogens is 5. The van der Waals surface area contributed by atoms with Crippen molar-refractivity contribution in [2.45, 2.75) is 5.22 Å². The number of hydrogen-bond donors (Lipinski definition) is 1. The predicted octanol–water partition coefficient (Wildman–Crippen LogP) is 2.57. The Hall–Kier alpha value is -2.72. The molecule has 4 aromatic rings. The Bertz CT molecular complexity index is 949. The van der Waals surface area contributed by atoms with Crippen molar-refractivity contribution in [3.8, 4) is 11.3 Å². The number of carbonyl (C=O) groups excluding carboxylic acids is 1. The van der Waals surface area contributed by atoms with Crippen LogP contribution in [-0.2, 0) is 4.79 Å². The number of nitrogens with one attached hydrogen (secondary N) is 1. The number of amides is 1. The van der Waals surface area contributed by atoms with Gasteiger partial charge in [0.05, 0.1) is 11.4 Å². The molecule has 8 nitrogen and oxygen atoms in total. The maximum Gasteiger partial charge on any atom is 0.345 e. The summed E-state index contributed by atoms with van der Waals surface area (Å²) in [5, 5.41) is 17.1. The molecule has 0 fully saturated rings. The van der Waals surface area contributed by atoms with E-state index in [0.29, 0.717) is 16.2 Å². The lowest BCUT2D eigenvalue weighted by molar-refractivity contribution is -0.113. The molecule has 1 amide bonds. The minimum absolute atomic E-state index is 0.164. The van der Waals surface area contributed by atoms with Gasteiger partial charge in [-0.15, -0.1) is 21.5 Å². The molecule has 24 heavy (non-hydrogen) atoms. The lowest BCUT2D eigenvalue weighted by Crippen LogP contribution is -2.13. The number of anilines is 1. The third-order valence-corrected chi connectivity index (χ3v) is 4.59. The van der Waals surface area contributed by atoms with E-state index in [1.807, 2.05) is 35.7 Å². The SMILES string of the molecule is O=C(CSc1nn2cnnc2o1)Nc1nc(-c2ccccc2)cs1. The molecule has 0 aliphatic carbocycles. The van der Waals surface area contributed by atoms with E-state index in [1.54, 1.807) is 0 Å². The highest BCUT2D eigenvalue weighted by Gasteiger charge is 2.12. The predicted molar refractivity (Wildman–Crippen MR) is 90.0 cm³/mol. The van der Waals surface area contributed by atoms with E-state index >= 15 is 0 Å². The highest BCUT2D eigenvalue weighted by Crippen LogP contribution is 2.25. The monoisotopic (exact) mass is 358 g/mol. The van der Waals surface area contributed by atoms with Crippen LogP contribution in [0.3, 0.4) is 0 Å². The van der Waals surface area contributed by atoms with Gasteiger partial charge in [0.25, 0.3) is 5.22 Å². The van der Waals surface area contributed by atoms with E-state index in [1.165, 1.54) is 33.9 Å². The van der Waals surface area contributed by atoms with Crippen molar-refractivity contribution < 1.29 is 9.21 Å². The molecular weight excluding hydrogens is 348 g/mol. The second kappa shape index (κ2) is 6.42. The number of thioether (sulfide) groups is 1. The van der Waals surface area contributed by atoms with Gasteiger partial charge in [0, 0.05) is 10.9 Å². The molecule has 0 aliphatic rings. The number of thiazole rings is 1. The van der Waals surface area contributed by atoms with Gasteiger partial charge in [-0.2, -0.15) is 4.52 Å². The fourth-order valence-electron chi connectivity index (χ4n) is 1.96. The Morgan fingerprint density at radius 1 is 1.33 bits per heavy atom. The fraction of sp³-hybridized carbons (Fsp3) is 0.0714. The van der Waals surface area contributed by atoms with Crippen molar-refractivity contribution in [1.29, 1.82) is 0 Å². The van der Waals surface area contributed by atoms with E-state index in [-0.39, 0.29) is 11.7 Å². The van der Waals surface area contributed by atoms with Gasteiger partial charge in [-0.25, -0.2) is 4.98 Å². The smallest absolute Gasteiger partial charge is 0.345 e. The van der Waals surface area contributed by atoms with Gasteiger partial charge in [-0.05, 0) is 0 Å². The molecule has 0 saturated carbocycles. The zero-order valence-electron chi connectivity index (χ0n) is 12.1. The number of benzene rings is 1. The van der Waals surface area contributed by atoms with Gasteiger partial charge in [-0.3, -0.25) is 4.79 Å². The first-order chi connectivity index (χ1) is 11.8. The molecule has 3 heterocycles. The Kier molecular flexibility index (Phi) is 3.97. The first kappa shape index (κ1) is 14.8. The van der Waals surface area contributed by atoms with Crippen LogP contribution in [0.25, 0.3) is 17.1 Å². The van der Waals surface area contributed by atoms with E-state index in [9.17, 15) is 4.79 Å². The normalized spacial score (nSPS) is 11.0. The quantitative estimate of drug-likeness (QED) is 0.547. The maximum atomic E-state index is 12.0. The minimum atomic E-state index is -0.178. The third kappa shape index (κ3) is 3.14. The number of nitrogens with zero attached hydrogens (tertiary/aromatic N) is 5. The summed E-state index contributed by atoms with van der Waals surface area (Å²) < 4.78 is 6.73. The Morgan fingerprint density at radius 2 is 2.21 bits per heavy atom. The van der Waals surface area contributed by atoms with Gasteiger partial charge < -0.3 is 9.73 Å². The number of fused-ring (bicyclic) bond motifs is 1. The van der Waals surface area contributed by atoms with Crippen LogP contribution < -0.4 is 5.32 Å². The van der Waals surface area contributed by atoms with E-state index in [0.717, 1.165) is 11.3 Å². The molecule has 0 unspecified atom stereocenters. The molecule has 0 aliphatic heterocycles. The van der Waals surface area contributed by atoms with Crippen molar-refractivity contribution in [1.82, 2.24) is 24.8 Å². The van der Waals surface area contributed by atoms with Crippen molar-refractivity contribution in [3.63, 3.8) is 0 Å². The molecule has 120 valence electrons. The Balaban J connectivity index is 1.36. The number of rotatable bonds is 5. The van der Waals surface area contributed by atoms with Gasteiger partial charge in [-0.1, -0.05) is 47.2 Å². The molecular formula is C14H10N6O2S2. The molecule has 0 atom stereocenters. The third-order valence-electron chi connectivity index (χ3n) is 3.02. The standard InChI is InChI=1S/C14H10N6O2S2/c21-11(7-24-14-19-20-8-15-18-13(20)22-14)17-12-16-10(6-23-12)9-4-2-1-3-5-9/h1-6,8H,7H2,(H,16,17,21). The summed E-state index contributed by atoms with van der Waals surface area (Å²) in [7, 11) is 0. The van der Waals surface area contributed by atoms with E-state index in [2.05, 4.69) is 25.6 Å². The summed E-state index contributed by atoms with van der Waals surface area (Å²) in [6.45, 7) is 0. The molecule has 0 radical (unpaired) electrons. The first-order valence-corrected chi connectivity index (χ1v) is 8.75. The number of carbonyl (C=O) groups is 1. The summed E-state index contributed by atoms with van der Waals surface area (Å²) in [6.07, 6.45) is 1.43. The lowest BCUT2D eigenvalue weighted by Gasteiger charge is -1.99. The second-order valence-electron chi connectivity index (χ2n) is 4.67. The topological polar surface area (TPSA) is 98.2 Å². The first-order valence-electron chi connectivity index (χ1n) is 6.88. The average Bonchev–Trinajstić information content (AvgIpc) is 3.29. The molecule has 0 spiro atoms. The van der Waals surface area contributed by atoms with Gasteiger partial charge in [0.1, 0.15) is 6.33 Å². The van der Waals surface area contributed by atoms with Crippen LogP contribution in [0.5, 0.6) is 0 Å². The van der Waals surface area contributed by atoms with Crippen LogP contribution in [0.2, 0.25) is 0 Å². The molecule has 0 saturated heterocycles. The largest absolute Gasteiger partial charge is 0.396 e. The lowest BCUT2D eigenvalue weighted by atomic mass is 10.2. The van der Waals surface area contributed by atoms with Crippen LogP contribution in [0.4, 0.5) is 5.13 Å². The molecule has 3 aromatic heterocycles. The number of hydrogen-bond acceptors (Lipinski definition) is 8.